The molecule has 0 amide bonds. The number of anilines is 1. The summed E-state index contributed by atoms with van der Waals surface area (Å²) in [5.74, 6) is 0.179. The molecule has 1 aliphatic rings. The van der Waals surface area contributed by atoms with Gasteiger partial charge >= 0.3 is 6.18 Å². The molecule has 1 atom stereocenters. The third kappa shape index (κ3) is 2.38. The number of rotatable bonds is 0. The lowest BCUT2D eigenvalue weighted by atomic mass is 10.2. The van der Waals surface area contributed by atoms with Gasteiger partial charge in [0.25, 0.3) is 0 Å². The molecule has 2 N–H and O–H groups in total. The van der Waals surface area contributed by atoms with E-state index in [9.17, 15) is 17.4 Å². The number of benzene rings is 1. The normalized spacial score (nSPS) is 24.6. The highest BCUT2D eigenvalue weighted by atomic mass is 32.2. The van der Waals surface area contributed by atoms with E-state index < -0.39 is 21.5 Å². The molecule has 0 fully saturated rings. The predicted molar refractivity (Wildman–Crippen MR) is 58.5 cm³/mol. The van der Waals surface area contributed by atoms with Crippen LogP contribution < -0.4 is 5.32 Å². The van der Waals surface area contributed by atoms with Gasteiger partial charge in [0, 0.05) is 12.3 Å². The van der Waals surface area contributed by atoms with Crippen LogP contribution in [0, 0.1) is 4.78 Å². The molecule has 1 heterocycles. The van der Waals surface area contributed by atoms with E-state index in [0.29, 0.717) is 13.0 Å². The first-order valence-electron chi connectivity index (χ1n) is 5.02. The molecule has 17 heavy (non-hydrogen) atoms. The Kier molecular flexibility index (Phi) is 2.81. The van der Waals surface area contributed by atoms with Gasteiger partial charge in [-0.25, -0.2) is 8.99 Å². The maximum absolute atomic E-state index is 12.5. The number of hydrogen-bond donors (Lipinski definition) is 2. The van der Waals surface area contributed by atoms with Crippen molar-refractivity contribution < 1.29 is 17.4 Å². The van der Waals surface area contributed by atoms with Crippen LogP contribution in [0.5, 0.6) is 0 Å². The van der Waals surface area contributed by atoms with Gasteiger partial charge in [-0.2, -0.15) is 13.2 Å². The zero-order chi connectivity index (χ0) is 12.7. The van der Waals surface area contributed by atoms with Gasteiger partial charge < -0.3 is 5.32 Å². The monoisotopic (exact) mass is 264 g/mol. The molecule has 2 rings (SSSR count). The second kappa shape index (κ2) is 3.90. The fraction of sp³-hybridized carbons (Fsp3) is 0.400. The fourth-order valence-electron chi connectivity index (χ4n) is 1.74. The molecule has 0 bridgehead atoms. The van der Waals surface area contributed by atoms with Gasteiger partial charge in [-0.3, -0.25) is 0 Å². The number of halogens is 3. The lowest BCUT2D eigenvalue weighted by Gasteiger charge is -2.13. The van der Waals surface area contributed by atoms with E-state index in [1.54, 1.807) is 0 Å². The Hall–Kier alpha value is -1.24. The third-order valence-electron chi connectivity index (χ3n) is 2.59. The molecule has 0 aromatic heterocycles. The Morgan fingerprint density at radius 1 is 1.35 bits per heavy atom. The minimum atomic E-state index is -4.42. The number of fused-ring (bicyclic) bond motifs is 1. The molecule has 1 aliphatic heterocycles. The Bertz CT molecular complexity index is 537. The van der Waals surface area contributed by atoms with E-state index in [1.807, 2.05) is 0 Å². The summed E-state index contributed by atoms with van der Waals surface area (Å²) in [6.45, 7) is 0.435. The van der Waals surface area contributed by atoms with Gasteiger partial charge in [-0.1, -0.05) is 0 Å². The second-order valence-corrected chi connectivity index (χ2v) is 6.07. The molecule has 0 saturated heterocycles. The molecule has 0 radical (unpaired) electrons. The van der Waals surface area contributed by atoms with Crippen LogP contribution in [0.25, 0.3) is 0 Å². The van der Waals surface area contributed by atoms with Crippen molar-refractivity contribution in [3.8, 4) is 0 Å². The highest BCUT2D eigenvalue weighted by molar-refractivity contribution is 7.92. The Balaban J connectivity index is 2.57. The highest BCUT2D eigenvalue weighted by Gasteiger charge is 2.32. The summed E-state index contributed by atoms with van der Waals surface area (Å²) in [6, 6.07) is 2.95. The van der Waals surface area contributed by atoms with Crippen LogP contribution in [0.15, 0.2) is 23.1 Å². The van der Waals surface area contributed by atoms with Crippen LogP contribution in [0.1, 0.15) is 12.0 Å². The Morgan fingerprint density at radius 3 is 2.71 bits per heavy atom. The van der Waals surface area contributed by atoms with Gasteiger partial charge in [0.2, 0.25) is 0 Å². The van der Waals surface area contributed by atoms with Crippen molar-refractivity contribution in [1.82, 2.24) is 0 Å². The molecule has 0 saturated carbocycles. The second-order valence-electron chi connectivity index (χ2n) is 3.87. The quantitative estimate of drug-likeness (QED) is 0.757. The molecule has 0 spiro atoms. The molecule has 1 aromatic carbocycles. The van der Waals surface area contributed by atoms with Crippen LogP contribution in [0.4, 0.5) is 18.9 Å². The summed E-state index contributed by atoms with van der Waals surface area (Å²) in [6.07, 6.45) is -3.91. The zero-order valence-electron chi connectivity index (χ0n) is 8.80. The van der Waals surface area contributed by atoms with E-state index in [0.717, 1.165) is 18.2 Å². The SMILES string of the molecule is N=S1(=O)CCCNc2cc(C(F)(F)F)ccc21. The van der Waals surface area contributed by atoms with E-state index >= 15 is 0 Å². The van der Waals surface area contributed by atoms with Crippen molar-refractivity contribution >= 4 is 15.4 Å². The molecule has 1 unspecified atom stereocenters. The van der Waals surface area contributed by atoms with E-state index in [1.165, 1.54) is 0 Å². The van der Waals surface area contributed by atoms with Crippen LogP contribution in [0.3, 0.4) is 0 Å². The summed E-state index contributed by atoms with van der Waals surface area (Å²) in [5.41, 5.74) is -0.627. The molecule has 0 aliphatic carbocycles. The maximum atomic E-state index is 12.5. The summed E-state index contributed by atoms with van der Waals surface area (Å²) in [4.78, 5) is 0.169. The van der Waals surface area contributed by atoms with Crippen molar-refractivity contribution in [2.24, 2.45) is 0 Å². The predicted octanol–water partition coefficient (Wildman–Crippen LogP) is 2.93. The van der Waals surface area contributed by atoms with E-state index in [2.05, 4.69) is 5.32 Å². The standard InChI is InChI=1S/C10H11F3N2OS/c11-10(12,13)7-2-3-9-8(6-7)15-4-1-5-17(9,14)16/h2-3,6,14-15H,1,4-5H2. The lowest BCUT2D eigenvalue weighted by Crippen LogP contribution is -2.08. The van der Waals surface area contributed by atoms with Crippen LogP contribution in [-0.4, -0.2) is 16.5 Å². The van der Waals surface area contributed by atoms with Crippen molar-refractivity contribution in [3.63, 3.8) is 0 Å². The number of hydrogen-bond acceptors (Lipinski definition) is 3. The summed E-state index contributed by atoms with van der Waals surface area (Å²) in [5, 5.41) is 2.79. The Labute approximate surface area is 97.0 Å². The smallest absolute Gasteiger partial charge is 0.384 e. The molecular formula is C10H11F3N2OS. The molecule has 94 valence electrons. The average molecular weight is 264 g/mol. The van der Waals surface area contributed by atoms with Gasteiger partial charge in [0.15, 0.2) is 0 Å². The Morgan fingerprint density at radius 2 is 2.06 bits per heavy atom. The zero-order valence-corrected chi connectivity index (χ0v) is 9.62. The van der Waals surface area contributed by atoms with Crippen molar-refractivity contribution in [1.29, 1.82) is 4.78 Å². The molecule has 7 heteroatoms. The molecular weight excluding hydrogens is 253 g/mol. The maximum Gasteiger partial charge on any atom is 0.416 e. The van der Waals surface area contributed by atoms with E-state index in [4.69, 9.17) is 4.78 Å². The number of alkyl halides is 3. The molecule has 1 aromatic rings. The van der Waals surface area contributed by atoms with Gasteiger partial charge in [-0.15, -0.1) is 0 Å². The first-order valence-corrected chi connectivity index (χ1v) is 6.75. The van der Waals surface area contributed by atoms with Gasteiger partial charge in [-0.05, 0) is 24.6 Å². The first kappa shape index (κ1) is 12.2. The van der Waals surface area contributed by atoms with Crippen molar-refractivity contribution in [2.75, 3.05) is 17.6 Å². The van der Waals surface area contributed by atoms with Crippen LogP contribution in [-0.2, 0) is 15.9 Å². The summed E-state index contributed by atoms with van der Waals surface area (Å²) >= 11 is 0. The topological polar surface area (TPSA) is 53.0 Å². The average Bonchev–Trinajstić information content (AvgIpc) is 2.36. The summed E-state index contributed by atoms with van der Waals surface area (Å²) < 4.78 is 57.2. The van der Waals surface area contributed by atoms with Gasteiger partial charge in [0.1, 0.15) is 0 Å². The molecule has 3 nitrogen and oxygen atoms in total. The largest absolute Gasteiger partial charge is 0.416 e. The first-order chi connectivity index (χ1) is 7.81. The highest BCUT2D eigenvalue weighted by Crippen LogP contribution is 2.34. The fourth-order valence-corrected chi connectivity index (χ4v) is 3.29. The minimum Gasteiger partial charge on any atom is -0.384 e. The lowest BCUT2D eigenvalue weighted by molar-refractivity contribution is -0.137. The number of nitrogens with one attached hydrogen (secondary N) is 2. The summed E-state index contributed by atoms with van der Waals surface area (Å²) in [7, 11) is -2.97. The minimum absolute atomic E-state index is 0.164. The van der Waals surface area contributed by atoms with Crippen LogP contribution >= 0.6 is 0 Å². The van der Waals surface area contributed by atoms with Gasteiger partial charge in [0.05, 0.1) is 25.9 Å². The third-order valence-corrected chi connectivity index (χ3v) is 4.52. The van der Waals surface area contributed by atoms with Crippen LogP contribution in [0.2, 0.25) is 0 Å². The van der Waals surface area contributed by atoms with E-state index in [-0.39, 0.29) is 16.3 Å². The van der Waals surface area contributed by atoms with Crippen molar-refractivity contribution in [3.05, 3.63) is 23.8 Å². The van der Waals surface area contributed by atoms with Crippen molar-refractivity contribution in [2.45, 2.75) is 17.5 Å².